The molecule has 0 atom stereocenters. The van der Waals surface area contributed by atoms with Crippen molar-refractivity contribution >= 4 is 5.69 Å². The highest BCUT2D eigenvalue weighted by Crippen LogP contribution is 2.28. The second-order valence-corrected chi connectivity index (χ2v) is 2.75. The van der Waals surface area contributed by atoms with Gasteiger partial charge in [-0.25, -0.2) is 0 Å². The molecule has 0 aliphatic rings. The van der Waals surface area contributed by atoms with E-state index in [9.17, 15) is 13.2 Å². The molecule has 0 spiro atoms. The molecule has 0 aliphatic carbocycles. The van der Waals surface area contributed by atoms with E-state index in [2.05, 4.69) is 4.74 Å². The van der Waals surface area contributed by atoms with Crippen LogP contribution < -0.4 is 10.5 Å². The first-order chi connectivity index (χ1) is 6.92. The summed E-state index contributed by atoms with van der Waals surface area (Å²) in [5, 5.41) is 8.36. The van der Waals surface area contributed by atoms with Crippen molar-refractivity contribution < 1.29 is 17.9 Å². The summed E-state index contributed by atoms with van der Waals surface area (Å²) in [5.41, 5.74) is 5.73. The zero-order valence-electron chi connectivity index (χ0n) is 7.51. The maximum atomic E-state index is 11.8. The maximum Gasteiger partial charge on any atom is 0.573 e. The summed E-state index contributed by atoms with van der Waals surface area (Å²) in [7, 11) is 0. The number of halogens is 3. The van der Waals surface area contributed by atoms with Crippen molar-refractivity contribution in [2.75, 3.05) is 5.73 Å². The summed E-state index contributed by atoms with van der Waals surface area (Å²) in [6, 6.07) is 5.60. The van der Waals surface area contributed by atoms with Crippen molar-refractivity contribution in [2.24, 2.45) is 0 Å². The standard InChI is InChI=1S/C9H7F3N2O/c10-9(11,12)15-8-2-1-6(3-4-13)5-7(8)14/h1-2,5H,3,14H2. The monoisotopic (exact) mass is 216 g/mol. The molecular formula is C9H7F3N2O. The van der Waals surface area contributed by atoms with Gasteiger partial charge >= 0.3 is 6.36 Å². The van der Waals surface area contributed by atoms with Crippen molar-refractivity contribution in [1.82, 2.24) is 0 Å². The number of rotatable bonds is 2. The van der Waals surface area contributed by atoms with Crippen LogP contribution in [-0.2, 0) is 6.42 Å². The molecule has 0 radical (unpaired) electrons. The molecule has 1 aromatic carbocycles. The Kier molecular flexibility index (Phi) is 3.04. The van der Waals surface area contributed by atoms with Gasteiger partial charge in [0.25, 0.3) is 0 Å². The predicted molar refractivity (Wildman–Crippen MR) is 46.9 cm³/mol. The summed E-state index contributed by atoms with van der Waals surface area (Å²) < 4.78 is 39.2. The van der Waals surface area contributed by atoms with E-state index < -0.39 is 12.1 Å². The lowest BCUT2D eigenvalue weighted by atomic mass is 10.1. The lowest BCUT2D eigenvalue weighted by Crippen LogP contribution is -2.18. The molecule has 80 valence electrons. The minimum atomic E-state index is -4.76. The van der Waals surface area contributed by atoms with Crippen LogP contribution in [0.4, 0.5) is 18.9 Å². The van der Waals surface area contributed by atoms with Crippen LogP contribution in [0.2, 0.25) is 0 Å². The summed E-state index contributed by atoms with van der Waals surface area (Å²) in [5.74, 6) is -0.454. The van der Waals surface area contributed by atoms with Crippen LogP contribution in [-0.4, -0.2) is 6.36 Å². The molecule has 1 rings (SSSR count). The molecule has 0 bridgehead atoms. The predicted octanol–water partition coefficient (Wildman–Crippen LogP) is 2.23. The Morgan fingerprint density at radius 1 is 1.40 bits per heavy atom. The number of hydrogen-bond acceptors (Lipinski definition) is 3. The molecule has 0 saturated carbocycles. The van der Waals surface area contributed by atoms with Crippen molar-refractivity contribution in [3.05, 3.63) is 23.8 Å². The highest BCUT2D eigenvalue weighted by Gasteiger charge is 2.31. The second-order valence-electron chi connectivity index (χ2n) is 2.75. The molecular weight excluding hydrogens is 209 g/mol. The van der Waals surface area contributed by atoms with Gasteiger partial charge in [-0.2, -0.15) is 5.26 Å². The third-order valence-corrected chi connectivity index (χ3v) is 1.58. The van der Waals surface area contributed by atoms with Gasteiger partial charge in [-0.05, 0) is 17.7 Å². The minimum Gasteiger partial charge on any atom is -0.404 e. The van der Waals surface area contributed by atoms with Crippen LogP contribution in [0.3, 0.4) is 0 Å². The molecule has 0 fully saturated rings. The summed E-state index contributed by atoms with van der Waals surface area (Å²) in [4.78, 5) is 0. The van der Waals surface area contributed by atoms with E-state index in [1.807, 2.05) is 6.07 Å². The summed E-state index contributed by atoms with van der Waals surface area (Å²) >= 11 is 0. The highest BCUT2D eigenvalue weighted by atomic mass is 19.4. The molecule has 2 N–H and O–H groups in total. The largest absolute Gasteiger partial charge is 0.573 e. The SMILES string of the molecule is N#CCc1ccc(OC(F)(F)F)c(N)c1. The van der Waals surface area contributed by atoms with Gasteiger partial charge in [0.05, 0.1) is 18.2 Å². The van der Waals surface area contributed by atoms with Crippen LogP contribution in [0.1, 0.15) is 5.56 Å². The maximum absolute atomic E-state index is 11.8. The lowest BCUT2D eigenvalue weighted by molar-refractivity contribution is -0.274. The zero-order valence-corrected chi connectivity index (χ0v) is 7.51. The fourth-order valence-electron chi connectivity index (χ4n) is 1.02. The Labute approximate surface area is 83.9 Å². The van der Waals surface area contributed by atoms with E-state index in [1.54, 1.807) is 0 Å². The first-order valence-electron chi connectivity index (χ1n) is 3.93. The van der Waals surface area contributed by atoms with Crippen LogP contribution in [0.25, 0.3) is 0 Å². The average molecular weight is 216 g/mol. The topological polar surface area (TPSA) is 59.0 Å². The number of ether oxygens (including phenoxy) is 1. The molecule has 0 aromatic heterocycles. The number of nitrogens with two attached hydrogens (primary N) is 1. The van der Waals surface area contributed by atoms with Gasteiger partial charge in [0.2, 0.25) is 0 Å². The van der Waals surface area contributed by atoms with Crippen LogP contribution in [0, 0.1) is 11.3 Å². The molecule has 1 aromatic rings. The smallest absolute Gasteiger partial charge is 0.404 e. The summed E-state index contributed by atoms with van der Waals surface area (Å²) in [6.07, 6.45) is -4.67. The normalized spacial score (nSPS) is 10.8. The minimum absolute atomic E-state index is 0.0937. The molecule has 3 nitrogen and oxygen atoms in total. The Hall–Kier alpha value is -1.90. The van der Waals surface area contributed by atoms with E-state index in [-0.39, 0.29) is 12.1 Å². The first kappa shape index (κ1) is 11.2. The summed E-state index contributed by atoms with van der Waals surface area (Å²) in [6.45, 7) is 0. The van der Waals surface area contributed by atoms with Gasteiger partial charge in [-0.1, -0.05) is 6.07 Å². The van der Waals surface area contributed by atoms with Crippen molar-refractivity contribution in [2.45, 2.75) is 12.8 Å². The van der Waals surface area contributed by atoms with Gasteiger partial charge in [0.1, 0.15) is 0 Å². The first-order valence-corrected chi connectivity index (χ1v) is 3.93. The molecule has 0 aliphatic heterocycles. The van der Waals surface area contributed by atoms with Crippen LogP contribution in [0.5, 0.6) is 5.75 Å². The number of nitrogen functional groups attached to an aromatic ring is 1. The van der Waals surface area contributed by atoms with E-state index in [0.29, 0.717) is 5.56 Å². The van der Waals surface area contributed by atoms with Crippen molar-refractivity contribution in [1.29, 1.82) is 5.26 Å². The number of alkyl halides is 3. The van der Waals surface area contributed by atoms with E-state index >= 15 is 0 Å². The van der Waals surface area contributed by atoms with Gasteiger partial charge in [0, 0.05) is 0 Å². The number of nitriles is 1. The molecule has 0 saturated heterocycles. The number of nitrogens with zero attached hydrogens (tertiary/aromatic N) is 1. The second kappa shape index (κ2) is 4.09. The zero-order chi connectivity index (χ0) is 11.5. The van der Waals surface area contributed by atoms with Gasteiger partial charge in [-0.3, -0.25) is 0 Å². The van der Waals surface area contributed by atoms with E-state index in [4.69, 9.17) is 11.0 Å². The van der Waals surface area contributed by atoms with E-state index in [1.165, 1.54) is 12.1 Å². The fraction of sp³-hybridized carbons (Fsp3) is 0.222. The fourth-order valence-corrected chi connectivity index (χ4v) is 1.02. The third-order valence-electron chi connectivity index (χ3n) is 1.58. The number of benzene rings is 1. The Bertz CT molecular complexity index is 395. The Morgan fingerprint density at radius 2 is 2.07 bits per heavy atom. The average Bonchev–Trinajstić information content (AvgIpc) is 2.08. The van der Waals surface area contributed by atoms with Crippen molar-refractivity contribution in [3.63, 3.8) is 0 Å². The van der Waals surface area contributed by atoms with Gasteiger partial charge in [0.15, 0.2) is 5.75 Å². The molecule has 0 unspecified atom stereocenters. The third kappa shape index (κ3) is 3.38. The number of anilines is 1. The molecule has 0 amide bonds. The molecule has 15 heavy (non-hydrogen) atoms. The Balaban J connectivity index is 2.89. The molecule has 6 heteroatoms. The highest BCUT2D eigenvalue weighted by molar-refractivity contribution is 5.54. The van der Waals surface area contributed by atoms with Crippen LogP contribution in [0.15, 0.2) is 18.2 Å². The Morgan fingerprint density at radius 3 is 2.53 bits per heavy atom. The van der Waals surface area contributed by atoms with Crippen LogP contribution >= 0.6 is 0 Å². The van der Waals surface area contributed by atoms with Crippen molar-refractivity contribution in [3.8, 4) is 11.8 Å². The quantitative estimate of drug-likeness (QED) is 0.771. The lowest BCUT2D eigenvalue weighted by Gasteiger charge is -2.11. The van der Waals surface area contributed by atoms with Gasteiger partial charge in [-0.15, -0.1) is 13.2 Å². The van der Waals surface area contributed by atoms with E-state index in [0.717, 1.165) is 6.07 Å². The van der Waals surface area contributed by atoms with Gasteiger partial charge < -0.3 is 10.5 Å². The molecule has 0 heterocycles. The number of hydrogen-bond donors (Lipinski definition) is 1.